The van der Waals surface area contributed by atoms with Crippen LogP contribution in [0.4, 0.5) is 0 Å². The second kappa shape index (κ2) is 5.33. The summed E-state index contributed by atoms with van der Waals surface area (Å²) in [4.78, 5) is 9.83. The van der Waals surface area contributed by atoms with Crippen LogP contribution in [0.15, 0.2) is 0 Å². The fraction of sp³-hybridized carbons (Fsp3) is 0.750. The number of carbonyl (C=O) groups is 1. The fourth-order valence-electron chi connectivity index (χ4n) is 0.351. The minimum Gasteiger partial charge on any atom is -0.772 e. The lowest BCUT2D eigenvalue weighted by Crippen LogP contribution is -2.26. The zero-order valence-electron chi connectivity index (χ0n) is 5.20. The van der Waals surface area contributed by atoms with E-state index in [0.717, 1.165) is 0 Å². The summed E-state index contributed by atoms with van der Waals surface area (Å²) in [6.45, 7) is -0.0143. The SMILES string of the molecule is O=C(O)CNCCS(=O)[O-]. The third-order valence-electron chi connectivity index (χ3n) is 0.722. The Morgan fingerprint density at radius 1 is 1.70 bits per heavy atom. The first-order valence-electron chi connectivity index (χ1n) is 2.61. The number of rotatable bonds is 5. The quantitative estimate of drug-likeness (QED) is 0.385. The van der Waals surface area contributed by atoms with Crippen LogP contribution in [0.2, 0.25) is 0 Å². The maximum absolute atomic E-state index is 9.86. The lowest BCUT2D eigenvalue weighted by atomic mass is 10.6. The van der Waals surface area contributed by atoms with E-state index < -0.39 is 17.0 Å². The van der Waals surface area contributed by atoms with Gasteiger partial charge in [0, 0.05) is 12.3 Å². The van der Waals surface area contributed by atoms with Crippen LogP contribution < -0.4 is 5.32 Å². The van der Waals surface area contributed by atoms with E-state index in [2.05, 4.69) is 5.32 Å². The number of carboxylic acids is 1. The van der Waals surface area contributed by atoms with E-state index in [4.69, 9.17) is 5.11 Å². The van der Waals surface area contributed by atoms with E-state index in [1.54, 1.807) is 0 Å². The predicted octanol–water partition coefficient (Wildman–Crippen LogP) is -1.46. The highest BCUT2D eigenvalue weighted by molar-refractivity contribution is 7.79. The summed E-state index contributed by atoms with van der Waals surface area (Å²) in [6, 6.07) is 0. The molecule has 0 aromatic rings. The molecule has 0 aromatic heterocycles. The monoisotopic (exact) mass is 166 g/mol. The minimum atomic E-state index is -2.09. The van der Waals surface area contributed by atoms with Crippen LogP contribution in [0.25, 0.3) is 0 Å². The summed E-state index contributed by atoms with van der Waals surface area (Å²) in [6.07, 6.45) is 0. The molecular weight excluding hydrogens is 158 g/mol. The van der Waals surface area contributed by atoms with Crippen molar-refractivity contribution in [3.8, 4) is 0 Å². The van der Waals surface area contributed by atoms with Crippen molar-refractivity contribution in [3.05, 3.63) is 0 Å². The van der Waals surface area contributed by atoms with Crippen molar-refractivity contribution in [3.63, 3.8) is 0 Å². The summed E-state index contributed by atoms with van der Waals surface area (Å²) >= 11 is -2.09. The molecule has 0 spiro atoms. The largest absolute Gasteiger partial charge is 0.772 e. The highest BCUT2D eigenvalue weighted by atomic mass is 32.2. The van der Waals surface area contributed by atoms with Crippen LogP contribution in [-0.2, 0) is 15.9 Å². The highest BCUT2D eigenvalue weighted by Gasteiger charge is 1.92. The van der Waals surface area contributed by atoms with Gasteiger partial charge < -0.3 is 15.0 Å². The second-order valence-corrected chi connectivity index (χ2v) is 2.59. The van der Waals surface area contributed by atoms with Gasteiger partial charge in [0.25, 0.3) is 0 Å². The molecule has 0 aliphatic carbocycles. The molecular formula is C4H8NO4S-. The van der Waals surface area contributed by atoms with Gasteiger partial charge in [0.2, 0.25) is 0 Å². The molecule has 60 valence electrons. The van der Waals surface area contributed by atoms with Gasteiger partial charge in [-0.05, 0) is 0 Å². The summed E-state index contributed by atoms with van der Waals surface area (Å²) in [5.41, 5.74) is 0. The molecule has 0 fully saturated rings. The molecule has 0 aromatic carbocycles. The van der Waals surface area contributed by atoms with Gasteiger partial charge in [0.15, 0.2) is 0 Å². The Kier molecular flexibility index (Phi) is 5.09. The Bertz CT molecular complexity index is 121. The Hall–Kier alpha value is -0.460. The molecule has 1 atom stereocenters. The molecule has 0 aliphatic rings. The Morgan fingerprint density at radius 2 is 2.30 bits per heavy atom. The van der Waals surface area contributed by atoms with Crippen LogP contribution in [0.3, 0.4) is 0 Å². The first-order valence-corrected chi connectivity index (χ1v) is 3.85. The molecule has 1 unspecified atom stereocenters. The topological polar surface area (TPSA) is 89.5 Å². The van der Waals surface area contributed by atoms with Gasteiger partial charge in [-0.15, -0.1) is 0 Å². The highest BCUT2D eigenvalue weighted by Crippen LogP contribution is 1.69. The van der Waals surface area contributed by atoms with Gasteiger partial charge in [-0.1, -0.05) is 11.1 Å². The Labute approximate surface area is 60.7 Å². The molecule has 0 saturated heterocycles. The van der Waals surface area contributed by atoms with E-state index >= 15 is 0 Å². The number of nitrogens with one attached hydrogen (secondary N) is 1. The first kappa shape index (κ1) is 9.54. The van der Waals surface area contributed by atoms with Gasteiger partial charge >= 0.3 is 5.97 Å². The van der Waals surface area contributed by atoms with Gasteiger partial charge in [-0.25, -0.2) is 0 Å². The lowest BCUT2D eigenvalue weighted by Gasteiger charge is -2.03. The Morgan fingerprint density at radius 3 is 2.70 bits per heavy atom. The smallest absolute Gasteiger partial charge is 0.317 e. The van der Waals surface area contributed by atoms with Gasteiger partial charge in [0.05, 0.1) is 6.54 Å². The maximum Gasteiger partial charge on any atom is 0.317 e. The van der Waals surface area contributed by atoms with Crippen molar-refractivity contribution >= 4 is 17.0 Å². The second-order valence-electron chi connectivity index (χ2n) is 1.58. The molecule has 0 heterocycles. The third-order valence-corrected chi connectivity index (χ3v) is 1.26. The molecule has 0 rings (SSSR count). The van der Waals surface area contributed by atoms with E-state index in [1.807, 2.05) is 0 Å². The van der Waals surface area contributed by atoms with Crippen LogP contribution >= 0.6 is 0 Å². The average Bonchev–Trinajstić information content (AvgIpc) is 1.79. The number of hydrogen-bond donors (Lipinski definition) is 2. The zero-order valence-corrected chi connectivity index (χ0v) is 6.02. The van der Waals surface area contributed by atoms with Crippen molar-refractivity contribution in [2.24, 2.45) is 0 Å². The van der Waals surface area contributed by atoms with Crippen LogP contribution in [0.5, 0.6) is 0 Å². The van der Waals surface area contributed by atoms with Crippen molar-refractivity contribution in [2.45, 2.75) is 0 Å². The molecule has 5 nitrogen and oxygen atoms in total. The zero-order chi connectivity index (χ0) is 7.98. The summed E-state index contributed by atoms with van der Waals surface area (Å²) in [5, 5.41) is 10.5. The molecule has 0 aliphatic heterocycles. The number of carboxylic acid groups (broad SMARTS) is 1. The van der Waals surface area contributed by atoms with Crippen molar-refractivity contribution < 1.29 is 18.7 Å². The number of aliphatic carboxylic acids is 1. The third kappa shape index (κ3) is 7.54. The van der Waals surface area contributed by atoms with E-state index in [0.29, 0.717) is 0 Å². The van der Waals surface area contributed by atoms with Crippen molar-refractivity contribution in [2.75, 3.05) is 18.8 Å². The van der Waals surface area contributed by atoms with Crippen molar-refractivity contribution in [1.82, 2.24) is 5.32 Å². The van der Waals surface area contributed by atoms with Gasteiger partial charge in [-0.3, -0.25) is 9.00 Å². The van der Waals surface area contributed by atoms with Crippen molar-refractivity contribution in [1.29, 1.82) is 0 Å². The van der Waals surface area contributed by atoms with E-state index in [9.17, 15) is 13.6 Å². The van der Waals surface area contributed by atoms with Crippen LogP contribution in [0.1, 0.15) is 0 Å². The summed E-state index contributed by atoms with van der Waals surface area (Å²) < 4.78 is 19.7. The molecule has 0 bridgehead atoms. The van der Waals surface area contributed by atoms with Gasteiger partial charge in [0.1, 0.15) is 0 Å². The molecule has 0 saturated carbocycles. The first-order chi connectivity index (χ1) is 4.63. The van der Waals surface area contributed by atoms with Crippen LogP contribution in [0, 0.1) is 0 Å². The molecule has 6 heteroatoms. The van der Waals surface area contributed by atoms with Gasteiger partial charge in [-0.2, -0.15) is 0 Å². The minimum absolute atomic E-state index is 0.0483. The normalized spacial score (nSPS) is 12.9. The molecule has 0 radical (unpaired) electrons. The lowest BCUT2D eigenvalue weighted by molar-refractivity contribution is -0.135. The standard InChI is InChI=1S/C4H9NO4S/c6-4(7)3-5-1-2-10(8)9/h5H,1-3H2,(H,6,7)(H,8,9)/p-1. The molecule has 10 heavy (non-hydrogen) atoms. The van der Waals surface area contributed by atoms with Crippen LogP contribution in [-0.4, -0.2) is 38.7 Å². The summed E-state index contributed by atoms with van der Waals surface area (Å²) in [7, 11) is 0. The molecule has 2 N–H and O–H groups in total. The van der Waals surface area contributed by atoms with E-state index in [-0.39, 0.29) is 18.8 Å². The fourth-order valence-corrected chi connectivity index (χ4v) is 0.662. The molecule has 0 amide bonds. The Balaban J connectivity index is 3.06. The summed E-state index contributed by atoms with van der Waals surface area (Å²) in [5.74, 6) is -1.04. The van der Waals surface area contributed by atoms with E-state index in [1.165, 1.54) is 0 Å². The maximum atomic E-state index is 9.86. The average molecular weight is 166 g/mol. The predicted molar refractivity (Wildman–Crippen MR) is 34.3 cm³/mol. The number of hydrogen-bond acceptors (Lipinski definition) is 4.